The molecule has 0 spiro atoms. The van der Waals surface area contributed by atoms with Gasteiger partial charge in [0.1, 0.15) is 16.7 Å². The van der Waals surface area contributed by atoms with Gasteiger partial charge >= 0.3 is 0 Å². The number of hydrogen-bond donors (Lipinski definition) is 1. The predicted octanol–water partition coefficient (Wildman–Crippen LogP) is 3.42. The Kier molecular flexibility index (Phi) is 4.06. The number of halogens is 1. The van der Waals surface area contributed by atoms with E-state index in [-0.39, 0.29) is 11.6 Å². The lowest BCUT2D eigenvalue weighted by molar-refractivity contribution is 0.102. The van der Waals surface area contributed by atoms with Crippen LogP contribution in [0.15, 0.2) is 55.0 Å². The van der Waals surface area contributed by atoms with Crippen molar-refractivity contribution < 1.29 is 4.79 Å². The Hall–Kier alpha value is -3.32. The van der Waals surface area contributed by atoms with E-state index in [2.05, 4.69) is 25.5 Å². The zero-order valence-corrected chi connectivity index (χ0v) is 14.5. The van der Waals surface area contributed by atoms with Crippen LogP contribution in [0.2, 0.25) is 5.02 Å². The van der Waals surface area contributed by atoms with Crippen LogP contribution in [-0.4, -0.2) is 30.9 Å². The summed E-state index contributed by atoms with van der Waals surface area (Å²) < 4.78 is 0. The first-order valence-electron chi connectivity index (χ1n) is 7.81. The van der Waals surface area contributed by atoms with Crippen LogP contribution in [0.25, 0.3) is 16.7 Å². The molecule has 1 N–H and O–H groups in total. The molecule has 7 nitrogen and oxygen atoms in total. The first-order chi connectivity index (χ1) is 12.6. The van der Waals surface area contributed by atoms with Crippen molar-refractivity contribution in [3.8, 4) is 5.69 Å². The lowest BCUT2D eigenvalue weighted by atomic mass is 10.1. The first kappa shape index (κ1) is 16.2. The molecule has 0 saturated carbocycles. The molecule has 4 aromatic rings. The van der Waals surface area contributed by atoms with Crippen LogP contribution in [0.3, 0.4) is 0 Å². The van der Waals surface area contributed by atoms with Gasteiger partial charge in [0.25, 0.3) is 5.91 Å². The molecule has 8 heteroatoms. The van der Waals surface area contributed by atoms with Gasteiger partial charge in [0.2, 0.25) is 0 Å². The maximum atomic E-state index is 12.3. The topological polar surface area (TPSA) is 85.6 Å². The average molecular weight is 365 g/mol. The SMILES string of the molecule is Cc1cc2nn(-c3ccc(Cl)cc3)nc2cc1NC(=O)c1cnccn1. The second-order valence-corrected chi connectivity index (χ2v) is 6.10. The predicted molar refractivity (Wildman–Crippen MR) is 98.6 cm³/mol. The van der Waals surface area contributed by atoms with Gasteiger partial charge in [0.15, 0.2) is 0 Å². The molecule has 0 fully saturated rings. The van der Waals surface area contributed by atoms with Crippen molar-refractivity contribution in [1.29, 1.82) is 0 Å². The highest BCUT2D eigenvalue weighted by Crippen LogP contribution is 2.23. The van der Waals surface area contributed by atoms with Crippen molar-refractivity contribution in [1.82, 2.24) is 25.0 Å². The minimum absolute atomic E-state index is 0.247. The largest absolute Gasteiger partial charge is 0.320 e. The summed E-state index contributed by atoms with van der Waals surface area (Å²) in [6.07, 6.45) is 4.41. The van der Waals surface area contributed by atoms with Gasteiger partial charge in [0.05, 0.1) is 11.9 Å². The molecule has 2 heterocycles. The number of amides is 1. The number of hydrogen-bond acceptors (Lipinski definition) is 5. The standard InChI is InChI=1S/C18H13ClN6O/c1-11-8-15-16(24-25(23-15)13-4-2-12(19)3-5-13)9-14(11)22-18(26)17-10-20-6-7-21-17/h2-10H,1H3,(H,22,26). The molecule has 0 saturated heterocycles. The number of fused-ring (bicyclic) bond motifs is 1. The van der Waals surface area contributed by atoms with Crippen LogP contribution in [0, 0.1) is 6.92 Å². The van der Waals surface area contributed by atoms with Crippen LogP contribution in [0.4, 0.5) is 5.69 Å². The van der Waals surface area contributed by atoms with Gasteiger partial charge in [-0.25, -0.2) is 4.98 Å². The molecule has 2 aromatic heterocycles. The summed E-state index contributed by atoms with van der Waals surface area (Å²) in [7, 11) is 0. The summed E-state index contributed by atoms with van der Waals surface area (Å²) >= 11 is 5.92. The van der Waals surface area contributed by atoms with E-state index in [0.717, 1.165) is 16.8 Å². The number of carbonyl (C=O) groups excluding carboxylic acids is 1. The number of nitrogens with one attached hydrogen (secondary N) is 1. The summed E-state index contributed by atoms with van der Waals surface area (Å²) in [4.78, 5) is 21.7. The summed E-state index contributed by atoms with van der Waals surface area (Å²) in [6, 6.07) is 10.9. The van der Waals surface area contributed by atoms with E-state index in [9.17, 15) is 4.79 Å². The van der Waals surface area contributed by atoms with Crippen molar-refractivity contribution in [2.24, 2.45) is 0 Å². The number of aryl methyl sites for hydroxylation is 1. The molecule has 26 heavy (non-hydrogen) atoms. The van der Waals surface area contributed by atoms with Crippen molar-refractivity contribution in [2.75, 3.05) is 5.32 Å². The monoisotopic (exact) mass is 364 g/mol. The van der Waals surface area contributed by atoms with Gasteiger partial charge in [-0.05, 0) is 48.9 Å². The third-order valence-corrected chi connectivity index (χ3v) is 4.08. The van der Waals surface area contributed by atoms with Crippen LogP contribution in [-0.2, 0) is 0 Å². The molecular formula is C18H13ClN6O. The summed E-state index contributed by atoms with van der Waals surface area (Å²) in [5, 5.41) is 12.4. The summed E-state index contributed by atoms with van der Waals surface area (Å²) in [5.41, 5.74) is 3.97. The second-order valence-electron chi connectivity index (χ2n) is 5.67. The maximum Gasteiger partial charge on any atom is 0.275 e. The number of rotatable bonds is 3. The van der Waals surface area contributed by atoms with Gasteiger partial charge in [-0.15, -0.1) is 10.2 Å². The third kappa shape index (κ3) is 3.12. The van der Waals surface area contributed by atoms with Crippen LogP contribution >= 0.6 is 11.6 Å². The fourth-order valence-electron chi connectivity index (χ4n) is 2.50. The van der Waals surface area contributed by atoms with Crippen molar-refractivity contribution in [2.45, 2.75) is 6.92 Å². The van der Waals surface area contributed by atoms with E-state index >= 15 is 0 Å². The zero-order chi connectivity index (χ0) is 18.1. The molecule has 128 valence electrons. The molecule has 0 unspecified atom stereocenters. The maximum absolute atomic E-state index is 12.3. The number of nitrogens with zero attached hydrogens (tertiary/aromatic N) is 5. The molecule has 0 bridgehead atoms. The fraction of sp³-hybridized carbons (Fsp3) is 0.0556. The zero-order valence-electron chi connectivity index (χ0n) is 13.7. The van der Waals surface area contributed by atoms with Crippen LogP contribution < -0.4 is 5.32 Å². The molecule has 0 aliphatic heterocycles. The highest BCUT2D eigenvalue weighted by atomic mass is 35.5. The summed E-state index contributed by atoms with van der Waals surface area (Å²) in [5.74, 6) is -0.328. The number of anilines is 1. The number of benzene rings is 2. The van der Waals surface area contributed by atoms with Gasteiger partial charge in [0, 0.05) is 23.1 Å². The van der Waals surface area contributed by atoms with E-state index < -0.39 is 0 Å². The van der Waals surface area contributed by atoms with Crippen molar-refractivity contribution >= 4 is 34.2 Å². The minimum Gasteiger partial charge on any atom is -0.320 e. The molecule has 1 amide bonds. The smallest absolute Gasteiger partial charge is 0.275 e. The Balaban J connectivity index is 1.67. The Bertz CT molecular complexity index is 1090. The molecule has 2 aromatic carbocycles. The fourth-order valence-corrected chi connectivity index (χ4v) is 2.62. The average Bonchev–Trinajstić information content (AvgIpc) is 3.06. The Morgan fingerprint density at radius 2 is 1.81 bits per heavy atom. The van der Waals surface area contributed by atoms with E-state index in [1.54, 1.807) is 18.2 Å². The molecule has 0 aliphatic rings. The summed E-state index contributed by atoms with van der Waals surface area (Å²) in [6.45, 7) is 1.90. The molecule has 0 aliphatic carbocycles. The highest BCUT2D eigenvalue weighted by molar-refractivity contribution is 6.30. The Morgan fingerprint density at radius 3 is 2.50 bits per heavy atom. The van der Waals surface area contributed by atoms with Crippen molar-refractivity contribution in [3.63, 3.8) is 0 Å². The molecule has 0 atom stereocenters. The van der Waals surface area contributed by atoms with E-state index in [1.807, 2.05) is 25.1 Å². The number of aromatic nitrogens is 5. The van der Waals surface area contributed by atoms with E-state index in [0.29, 0.717) is 16.2 Å². The normalized spacial score (nSPS) is 10.8. The lowest BCUT2D eigenvalue weighted by Crippen LogP contribution is -2.14. The van der Waals surface area contributed by atoms with Gasteiger partial charge < -0.3 is 5.32 Å². The second kappa shape index (κ2) is 6.53. The number of carbonyl (C=O) groups is 1. The third-order valence-electron chi connectivity index (χ3n) is 3.83. The minimum atomic E-state index is -0.328. The molecule has 0 radical (unpaired) electrons. The Morgan fingerprint density at radius 1 is 1.08 bits per heavy atom. The Labute approximate surface area is 153 Å². The van der Waals surface area contributed by atoms with E-state index in [1.165, 1.54) is 23.4 Å². The first-order valence-corrected chi connectivity index (χ1v) is 8.19. The molecular weight excluding hydrogens is 352 g/mol. The van der Waals surface area contributed by atoms with E-state index in [4.69, 9.17) is 11.6 Å². The quantitative estimate of drug-likeness (QED) is 0.602. The highest BCUT2D eigenvalue weighted by Gasteiger charge is 2.12. The van der Waals surface area contributed by atoms with Gasteiger partial charge in [-0.2, -0.15) is 4.80 Å². The van der Waals surface area contributed by atoms with Crippen LogP contribution in [0.1, 0.15) is 16.1 Å². The van der Waals surface area contributed by atoms with Gasteiger partial charge in [-0.3, -0.25) is 9.78 Å². The lowest BCUT2D eigenvalue weighted by Gasteiger charge is -2.07. The van der Waals surface area contributed by atoms with Crippen molar-refractivity contribution in [3.05, 3.63) is 71.3 Å². The molecule has 4 rings (SSSR count). The van der Waals surface area contributed by atoms with Gasteiger partial charge in [-0.1, -0.05) is 11.6 Å². The van der Waals surface area contributed by atoms with Crippen LogP contribution in [0.5, 0.6) is 0 Å².